The first-order valence-corrected chi connectivity index (χ1v) is 9.17. The van der Waals surface area contributed by atoms with Crippen LogP contribution in [0.15, 0.2) is 4.90 Å². The number of aromatic nitrogens is 2. The molecule has 0 spiro atoms. The van der Waals surface area contributed by atoms with E-state index in [0.29, 0.717) is 0 Å². The molecule has 0 saturated heterocycles. The molecule has 0 aliphatic carbocycles. The third kappa shape index (κ3) is 4.02. The summed E-state index contributed by atoms with van der Waals surface area (Å²) in [5.41, 5.74) is -0.103. The molecule has 1 aromatic heterocycles. The highest BCUT2D eigenvalue weighted by Gasteiger charge is 2.26. The number of nitrogens with zero attached hydrogens (tertiary/aromatic N) is 1. The maximum atomic E-state index is 11.8. The van der Waals surface area contributed by atoms with Gasteiger partial charge in [0.15, 0.2) is 5.69 Å². The van der Waals surface area contributed by atoms with Gasteiger partial charge < -0.3 is 5.32 Å². The summed E-state index contributed by atoms with van der Waals surface area (Å²) in [6.45, 7) is 3.30. The van der Waals surface area contributed by atoms with Crippen molar-refractivity contribution in [2.24, 2.45) is 0 Å². The predicted molar refractivity (Wildman–Crippen MR) is 72.2 cm³/mol. The predicted octanol–water partition coefficient (Wildman–Crippen LogP) is 0.142. The summed E-state index contributed by atoms with van der Waals surface area (Å²) in [4.78, 5) is 11.5. The van der Waals surface area contributed by atoms with Crippen LogP contribution < -0.4 is 5.32 Å². The van der Waals surface area contributed by atoms with Gasteiger partial charge in [-0.1, -0.05) is 0 Å². The van der Waals surface area contributed by atoms with Gasteiger partial charge in [-0.05, 0) is 13.8 Å². The number of rotatable bonds is 5. The van der Waals surface area contributed by atoms with Crippen molar-refractivity contribution in [3.8, 4) is 0 Å². The summed E-state index contributed by atoms with van der Waals surface area (Å²) < 4.78 is 33.9. The number of carbonyl (C=O) groups excluding carboxylic acids is 1. The number of amides is 1. The van der Waals surface area contributed by atoms with E-state index >= 15 is 0 Å². The molecule has 108 valence electrons. The van der Waals surface area contributed by atoms with E-state index in [2.05, 4.69) is 15.5 Å². The second-order valence-electron chi connectivity index (χ2n) is 3.98. The molecule has 0 fully saturated rings. The van der Waals surface area contributed by atoms with Crippen molar-refractivity contribution in [2.75, 3.05) is 12.8 Å². The molecule has 0 aliphatic heterocycles. The molecule has 19 heavy (non-hydrogen) atoms. The Balaban J connectivity index is 2.93. The summed E-state index contributed by atoms with van der Waals surface area (Å²) in [7, 11) is 0.100. The van der Waals surface area contributed by atoms with E-state index < -0.39 is 25.8 Å². The van der Waals surface area contributed by atoms with E-state index in [9.17, 15) is 17.4 Å². The largest absolute Gasteiger partial charge is 0.349 e. The first-order chi connectivity index (χ1) is 8.64. The van der Waals surface area contributed by atoms with E-state index in [0.717, 1.165) is 0 Å². The normalized spacial score (nSPS) is 14.9. The van der Waals surface area contributed by atoms with Crippen LogP contribution in [0.4, 0.5) is 0 Å². The Morgan fingerprint density at radius 3 is 2.63 bits per heavy atom. The standard InChI is InChI=1S/C9H14ClN3O4S2/c1-5(18(3)15)4-11-9(14)7-8(19(10,16)17)6(2)12-13-7/h5H,4H2,1-3H3,(H,11,14)(H,12,13). The number of nitrogens with one attached hydrogen (secondary N) is 2. The number of carbonyl (C=O) groups is 1. The third-order valence-corrected chi connectivity index (χ3v) is 5.22. The molecule has 1 aromatic rings. The van der Waals surface area contributed by atoms with Gasteiger partial charge in [0.2, 0.25) is 0 Å². The van der Waals surface area contributed by atoms with Crippen molar-refractivity contribution in [3.05, 3.63) is 11.4 Å². The lowest BCUT2D eigenvalue weighted by molar-refractivity contribution is 0.0946. The number of halogens is 1. The average molecular weight is 328 g/mol. The van der Waals surface area contributed by atoms with Crippen molar-refractivity contribution in [1.82, 2.24) is 15.5 Å². The van der Waals surface area contributed by atoms with Crippen LogP contribution in [0.1, 0.15) is 23.1 Å². The molecule has 1 heterocycles. The van der Waals surface area contributed by atoms with Gasteiger partial charge in [0.1, 0.15) is 4.90 Å². The lowest BCUT2D eigenvalue weighted by atomic mass is 10.3. The highest BCUT2D eigenvalue weighted by molar-refractivity contribution is 8.13. The average Bonchev–Trinajstić information content (AvgIpc) is 2.66. The molecule has 7 nitrogen and oxygen atoms in total. The molecule has 10 heteroatoms. The maximum absolute atomic E-state index is 11.8. The van der Waals surface area contributed by atoms with Gasteiger partial charge in [0.25, 0.3) is 15.0 Å². The van der Waals surface area contributed by atoms with Crippen molar-refractivity contribution < 1.29 is 17.4 Å². The quantitative estimate of drug-likeness (QED) is 0.748. The second kappa shape index (κ2) is 6.02. The molecule has 2 N–H and O–H groups in total. The van der Waals surface area contributed by atoms with Gasteiger partial charge >= 0.3 is 0 Å². The molecule has 0 aromatic carbocycles. The van der Waals surface area contributed by atoms with Crippen LogP contribution in [0.2, 0.25) is 0 Å². The Kier molecular flexibility index (Phi) is 5.11. The summed E-state index contributed by atoms with van der Waals surface area (Å²) in [6.07, 6.45) is 1.52. The van der Waals surface area contributed by atoms with Crippen LogP contribution in [0.5, 0.6) is 0 Å². The maximum Gasteiger partial charge on any atom is 0.273 e. The fraction of sp³-hybridized carbons (Fsp3) is 0.556. The Bertz CT molecular complexity index is 611. The topological polar surface area (TPSA) is 109 Å². The van der Waals surface area contributed by atoms with Crippen molar-refractivity contribution in [1.29, 1.82) is 0 Å². The molecule has 1 amide bonds. The summed E-state index contributed by atoms with van der Waals surface area (Å²) in [6, 6.07) is 0. The minimum atomic E-state index is -4.06. The SMILES string of the molecule is Cc1[nH]nc(C(=O)NCC(C)S(C)=O)c1S(=O)(=O)Cl. The summed E-state index contributed by atoms with van der Waals surface area (Å²) >= 11 is 0. The molecule has 0 radical (unpaired) electrons. The van der Waals surface area contributed by atoms with E-state index in [1.54, 1.807) is 6.92 Å². The van der Waals surface area contributed by atoms with Crippen LogP contribution >= 0.6 is 10.7 Å². The highest BCUT2D eigenvalue weighted by atomic mass is 35.7. The monoisotopic (exact) mass is 327 g/mol. The first kappa shape index (κ1) is 16.1. The zero-order chi connectivity index (χ0) is 14.8. The number of hydrogen-bond donors (Lipinski definition) is 2. The van der Waals surface area contributed by atoms with Crippen molar-refractivity contribution in [2.45, 2.75) is 24.0 Å². The second-order valence-corrected chi connectivity index (χ2v) is 8.29. The minimum Gasteiger partial charge on any atom is -0.349 e. The van der Waals surface area contributed by atoms with Crippen LogP contribution in [-0.4, -0.2) is 46.8 Å². The summed E-state index contributed by atoms with van der Waals surface area (Å²) in [5.74, 6) is -0.680. The van der Waals surface area contributed by atoms with E-state index in [-0.39, 0.29) is 28.1 Å². The molecule has 0 saturated carbocycles. The van der Waals surface area contributed by atoms with Gasteiger partial charge in [-0.2, -0.15) is 5.10 Å². The Hall–Kier alpha value is -0.930. The van der Waals surface area contributed by atoms with Crippen LogP contribution in [0, 0.1) is 6.92 Å². The number of H-pyrrole nitrogens is 1. The van der Waals surface area contributed by atoms with E-state index in [1.807, 2.05) is 0 Å². The smallest absolute Gasteiger partial charge is 0.273 e. The van der Waals surface area contributed by atoms with Crippen molar-refractivity contribution >= 4 is 36.4 Å². The Morgan fingerprint density at radius 2 is 2.16 bits per heavy atom. The Labute approximate surface area is 118 Å². The van der Waals surface area contributed by atoms with Crippen molar-refractivity contribution in [3.63, 3.8) is 0 Å². The van der Waals surface area contributed by atoms with Crippen LogP contribution in [-0.2, 0) is 19.9 Å². The third-order valence-electron chi connectivity index (χ3n) is 2.47. The zero-order valence-electron chi connectivity index (χ0n) is 10.6. The van der Waals surface area contributed by atoms with E-state index in [1.165, 1.54) is 13.2 Å². The fourth-order valence-corrected chi connectivity index (χ4v) is 2.97. The van der Waals surface area contributed by atoms with Gasteiger partial charge in [0.05, 0.1) is 5.69 Å². The highest BCUT2D eigenvalue weighted by Crippen LogP contribution is 2.21. The Morgan fingerprint density at radius 1 is 1.58 bits per heavy atom. The van der Waals surface area contributed by atoms with Crippen LogP contribution in [0.25, 0.3) is 0 Å². The van der Waals surface area contributed by atoms with Gasteiger partial charge in [-0.25, -0.2) is 8.42 Å². The molecular formula is C9H14ClN3O4S2. The zero-order valence-corrected chi connectivity index (χ0v) is 12.9. The van der Waals surface area contributed by atoms with Gasteiger partial charge in [0, 0.05) is 39.5 Å². The molecule has 0 bridgehead atoms. The molecule has 0 aliphatic rings. The number of aromatic amines is 1. The lowest BCUT2D eigenvalue weighted by Gasteiger charge is -2.09. The van der Waals surface area contributed by atoms with Gasteiger partial charge in [-0.15, -0.1) is 0 Å². The fourth-order valence-electron chi connectivity index (χ4n) is 1.31. The molecule has 2 unspecified atom stereocenters. The number of hydrogen-bond acceptors (Lipinski definition) is 5. The van der Waals surface area contributed by atoms with E-state index in [4.69, 9.17) is 10.7 Å². The first-order valence-electron chi connectivity index (χ1n) is 5.24. The summed E-state index contributed by atoms with van der Waals surface area (Å²) in [5, 5.41) is 8.25. The van der Waals surface area contributed by atoms with Gasteiger partial charge in [-0.3, -0.25) is 14.1 Å². The molecule has 2 atom stereocenters. The van der Waals surface area contributed by atoms with Crippen LogP contribution in [0.3, 0.4) is 0 Å². The lowest BCUT2D eigenvalue weighted by Crippen LogP contribution is -2.33. The minimum absolute atomic E-state index is 0.148. The molecule has 1 rings (SSSR count). The number of aryl methyl sites for hydroxylation is 1. The molecular weight excluding hydrogens is 314 g/mol.